The van der Waals surface area contributed by atoms with Gasteiger partial charge in [-0.1, -0.05) is 13.8 Å². The van der Waals surface area contributed by atoms with Crippen molar-refractivity contribution in [3.05, 3.63) is 18.0 Å². The van der Waals surface area contributed by atoms with E-state index in [1.54, 1.807) is 18.5 Å². The number of sulfone groups is 1. The Balaban J connectivity index is 2.43. The first-order valence-electron chi connectivity index (χ1n) is 6.76. The molecule has 0 bridgehead atoms. The highest BCUT2D eigenvalue weighted by Crippen LogP contribution is 2.03. The van der Waals surface area contributed by atoms with Crippen molar-refractivity contribution in [3.8, 4) is 0 Å². The van der Waals surface area contributed by atoms with Crippen LogP contribution in [-0.2, 0) is 22.9 Å². The van der Waals surface area contributed by atoms with Crippen molar-refractivity contribution in [3.63, 3.8) is 0 Å². The quantitative estimate of drug-likeness (QED) is 0.786. The Hall–Kier alpha value is -0.880. The SMILES string of the molecule is CC(C)CNCc1ccn(CCS(=O)(=O)C(C)C)n1. The molecule has 0 unspecified atom stereocenters. The van der Waals surface area contributed by atoms with Crippen LogP contribution in [0.15, 0.2) is 12.3 Å². The predicted octanol–water partition coefficient (Wildman–Crippen LogP) is 1.45. The average Bonchev–Trinajstić information content (AvgIpc) is 2.74. The second-order valence-electron chi connectivity index (χ2n) is 5.51. The van der Waals surface area contributed by atoms with Crippen molar-refractivity contribution in [2.24, 2.45) is 5.92 Å². The smallest absolute Gasteiger partial charge is 0.154 e. The van der Waals surface area contributed by atoms with Crippen molar-refractivity contribution in [2.75, 3.05) is 12.3 Å². The molecule has 6 heteroatoms. The van der Waals surface area contributed by atoms with Crippen LogP contribution in [0.1, 0.15) is 33.4 Å². The zero-order valence-corrected chi connectivity index (χ0v) is 13.1. The number of hydrogen-bond acceptors (Lipinski definition) is 4. The molecule has 0 aliphatic heterocycles. The Morgan fingerprint density at radius 3 is 2.58 bits per heavy atom. The van der Waals surface area contributed by atoms with Crippen LogP contribution < -0.4 is 5.32 Å². The molecule has 0 spiro atoms. The van der Waals surface area contributed by atoms with E-state index in [-0.39, 0.29) is 11.0 Å². The van der Waals surface area contributed by atoms with Gasteiger partial charge in [0, 0.05) is 12.7 Å². The monoisotopic (exact) mass is 287 g/mol. The van der Waals surface area contributed by atoms with Gasteiger partial charge in [0.15, 0.2) is 9.84 Å². The van der Waals surface area contributed by atoms with E-state index < -0.39 is 9.84 Å². The van der Waals surface area contributed by atoms with Gasteiger partial charge < -0.3 is 5.32 Å². The number of aromatic nitrogens is 2. The lowest BCUT2D eigenvalue weighted by Crippen LogP contribution is -2.22. The predicted molar refractivity (Wildman–Crippen MR) is 77.7 cm³/mol. The molecule has 0 aliphatic rings. The molecule has 0 aromatic carbocycles. The largest absolute Gasteiger partial charge is 0.311 e. The van der Waals surface area contributed by atoms with E-state index in [4.69, 9.17) is 0 Å². The van der Waals surface area contributed by atoms with E-state index in [2.05, 4.69) is 24.3 Å². The third-order valence-electron chi connectivity index (χ3n) is 2.88. The van der Waals surface area contributed by atoms with E-state index in [1.165, 1.54) is 0 Å². The molecule has 19 heavy (non-hydrogen) atoms. The first-order chi connectivity index (χ1) is 8.81. The van der Waals surface area contributed by atoms with E-state index in [9.17, 15) is 8.42 Å². The van der Waals surface area contributed by atoms with Gasteiger partial charge >= 0.3 is 0 Å². The molecule has 1 aromatic rings. The highest BCUT2D eigenvalue weighted by molar-refractivity contribution is 7.91. The summed E-state index contributed by atoms with van der Waals surface area (Å²) < 4.78 is 25.1. The molecule has 0 atom stereocenters. The molecule has 1 aromatic heterocycles. The summed E-state index contributed by atoms with van der Waals surface area (Å²) in [5.41, 5.74) is 0.947. The van der Waals surface area contributed by atoms with E-state index in [0.29, 0.717) is 12.5 Å². The molecule has 5 nitrogen and oxygen atoms in total. The molecule has 1 heterocycles. The number of aryl methyl sites for hydroxylation is 1. The highest BCUT2D eigenvalue weighted by atomic mass is 32.2. The van der Waals surface area contributed by atoms with Crippen LogP contribution in [0, 0.1) is 5.92 Å². The zero-order chi connectivity index (χ0) is 14.5. The summed E-state index contributed by atoms with van der Waals surface area (Å²) in [6, 6.07) is 1.93. The van der Waals surface area contributed by atoms with Gasteiger partial charge in [-0.3, -0.25) is 4.68 Å². The van der Waals surface area contributed by atoms with Crippen molar-refractivity contribution in [2.45, 2.75) is 46.0 Å². The van der Waals surface area contributed by atoms with Gasteiger partial charge in [0.1, 0.15) is 0 Å². The Morgan fingerprint density at radius 1 is 1.32 bits per heavy atom. The zero-order valence-electron chi connectivity index (χ0n) is 12.3. The van der Waals surface area contributed by atoms with Crippen molar-refractivity contribution < 1.29 is 8.42 Å². The van der Waals surface area contributed by atoms with Crippen molar-refractivity contribution in [1.29, 1.82) is 0 Å². The van der Waals surface area contributed by atoms with Gasteiger partial charge in [0.05, 0.1) is 23.2 Å². The molecular weight excluding hydrogens is 262 g/mol. The Morgan fingerprint density at radius 2 is 2.00 bits per heavy atom. The first kappa shape index (κ1) is 16.2. The lowest BCUT2D eigenvalue weighted by Gasteiger charge is -2.07. The Bertz CT molecular complexity index is 478. The van der Waals surface area contributed by atoms with Gasteiger partial charge in [-0.15, -0.1) is 0 Å². The first-order valence-corrected chi connectivity index (χ1v) is 8.47. The molecular formula is C13H25N3O2S. The van der Waals surface area contributed by atoms with E-state index >= 15 is 0 Å². The van der Waals surface area contributed by atoms with Crippen LogP contribution in [0.25, 0.3) is 0 Å². The molecule has 0 amide bonds. The third kappa shape index (κ3) is 5.74. The van der Waals surface area contributed by atoms with Gasteiger partial charge in [-0.2, -0.15) is 5.10 Å². The summed E-state index contributed by atoms with van der Waals surface area (Å²) in [5.74, 6) is 0.754. The summed E-state index contributed by atoms with van der Waals surface area (Å²) in [4.78, 5) is 0. The molecule has 0 aliphatic carbocycles. The van der Waals surface area contributed by atoms with Crippen LogP contribution in [0.2, 0.25) is 0 Å². The van der Waals surface area contributed by atoms with Crippen LogP contribution in [0.3, 0.4) is 0 Å². The number of nitrogens with zero attached hydrogens (tertiary/aromatic N) is 2. The molecule has 1 rings (SSSR count). The topological polar surface area (TPSA) is 64.0 Å². The number of hydrogen-bond donors (Lipinski definition) is 1. The van der Waals surface area contributed by atoms with Gasteiger partial charge in [-0.05, 0) is 32.4 Å². The summed E-state index contributed by atoms with van der Waals surface area (Å²) in [6.07, 6.45) is 1.84. The minimum atomic E-state index is -2.99. The third-order valence-corrected chi connectivity index (χ3v) is 5.07. The second kappa shape index (κ2) is 7.05. The van der Waals surface area contributed by atoms with Crippen LogP contribution in [-0.4, -0.2) is 35.7 Å². The summed E-state index contributed by atoms with van der Waals surface area (Å²) in [5, 5.41) is 7.35. The van der Waals surface area contributed by atoms with Crippen LogP contribution >= 0.6 is 0 Å². The highest BCUT2D eigenvalue weighted by Gasteiger charge is 2.15. The fourth-order valence-corrected chi connectivity index (χ4v) is 2.48. The van der Waals surface area contributed by atoms with Gasteiger partial charge in [0.2, 0.25) is 0 Å². The lowest BCUT2D eigenvalue weighted by molar-refractivity contribution is 0.540. The van der Waals surface area contributed by atoms with Gasteiger partial charge in [-0.25, -0.2) is 8.42 Å². The van der Waals surface area contributed by atoms with E-state index in [0.717, 1.165) is 18.8 Å². The summed E-state index contributed by atoms with van der Waals surface area (Å²) >= 11 is 0. The fraction of sp³-hybridized carbons (Fsp3) is 0.769. The van der Waals surface area contributed by atoms with Gasteiger partial charge in [0.25, 0.3) is 0 Å². The second-order valence-corrected chi connectivity index (χ2v) is 8.19. The molecule has 1 N–H and O–H groups in total. The maximum Gasteiger partial charge on any atom is 0.154 e. The van der Waals surface area contributed by atoms with Crippen molar-refractivity contribution >= 4 is 9.84 Å². The molecule has 0 saturated heterocycles. The Labute approximate surface area is 116 Å². The minimum absolute atomic E-state index is 0.144. The van der Waals surface area contributed by atoms with E-state index in [1.807, 2.05) is 12.3 Å². The number of nitrogens with one attached hydrogen (secondary N) is 1. The van der Waals surface area contributed by atoms with Crippen molar-refractivity contribution in [1.82, 2.24) is 15.1 Å². The fourth-order valence-electron chi connectivity index (χ4n) is 1.57. The molecule has 110 valence electrons. The lowest BCUT2D eigenvalue weighted by atomic mass is 10.2. The maximum absolute atomic E-state index is 11.7. The molecule has 0 saturated carbocycles. The normalized spacial score (nSPS) is 12.5. The maximum atomic E-state index is 11.7. The summed E-state index contributed by atoms with van der Waals surface area (Å²) in [7, 11) is -2.99. The number of rotatable bonds is 8. The molecule has 0 fully saturated rings. The minimum Gasteiger partial charge on any atom is -0.311 e. The van der Waals surface area contributed by atoms with Crippen LogP contribution in [0.5, 0.6) is 0 Å². The summed E-state index contributed by atoms with van der Waals surface area (Å²) in [6.45, 7) is 9.82. The standard InChI is InChI=1S/C13H25N3O2S/c1-11(2)9-14-10-13-5-6-16(15-13)7-8-19(17,18)12(3)4/h5-6,11-12,14H,7-10H2,1-4H3. The molecule has 0 radical (unpaired) electrons. The van der Waals surface area contributed by atoms with Crippen LogP contribution in [0.4, 0.5) is 0 Å². The Kier molecular flexibility index (Phi) is 6.00. The average molecular weight is 287 g/mol.